The first kappa shape index (κ1) is 9.04. The van der Waals surface area contributed by atoms with Crippen LogP contribution in [0.25, 0.3) is 0 Å². The predicted molar refractivity (Wildman–Crippen MR) is 54.1 cm³/mol. The highest BCUT2D eigenvalue weighted by atomic mass is 35.5. The third-order valence-corrected chi connectivity index (χ3v) is 2.86. The first-order valence-corrected chi connectivity index (χ1v) is 5.09. The van der Waals surface area contributed by atoms with Crippen molar-refractivity contribution in [3.63, 3.8) is 0 Å². The summed E-state index contributed by atoms with van der Waals surface area (Å²) >= 11 is 6.14. The Labute approximate surface area is 83.7 Å². The smallest absolute Gasteiger partial charge is 0.0839 e. The topological polar surface area (TPSA) is 9.23 Å². The Bertz CT molecular complexity index is 309. The number of benzene rings is 1. The van der Waals surface area contributed by atoms with Crippen LogP contribution in [0.4, 0.5) is 0 Å². The molecular weight excluding hydrogens is 184 g/mol. The second-order valence-corrected chi connectivity index (χ2v) is 3.74. The molecule has 0 spiro atoms. The fourth-order valence-corrected chi connectivity index (χ4v) is 2.19. The van der Waals surface area contributed by atoms with Crippen LogP contribution in [0, 0.1) is 0 Å². The van der Waals surface area contributed by atoms with E-state index in [4.69, 9.17) is 16.3 Å². The zero-order valence-electron chi connectivity index (χ0n) is 7.72. The number of ether oxygens (including phenoxy) is 1. The van der Waals surface area contributed by atoms with Gasteiger partial charge >= 0.3 is 0 Å². The Morgan fingerprint density at radius 2 is 2.38 bits per heavy atom. The third-order valence-electron chi connectivity index (χ3n) is 2.53. The first-order valence-electron chi connectivity index (χ1n) is 4.71. The summed E-state index contributed by atoms with van der Waals surface area (Å²) in [7, 11) is 0. The van der Waals surface area contributed by atoms with Crippen LogP contribution >= 0.6 is 11.6 Å². The molecule has 70 valence electrons. The lowest BCUT2D eigenvalue weighted by molar-refractivity contribution is 0.0400. The molecule has 0 unspecified atom stereocenters. The quantitative estimate of drug-likeness (QED) is 0.669. The van der Waals surface area contributed by atoms with Gasteiger partial charge < -0.3 is 4.74 Å². The second-order valence-electron chi connectivity index (χ2n) is 3.33. The van der Waals surface area contributed by atoms with Gasteiger partial charge in [0.1, 0.15) is 0 Å². The van der Waals surface area contributed by atoms with Gasteiger partial charge in [0.15, 0.2) is 0 Å². The SMILES string of the molecule is CC[C@@H]1OCCc2cccc(Cl)c21. The molecule has 0 amide bonds. The number of hydrogen-bond donors (Lipinski definition) is 0. The van der Waals surface area contributed by atoms with Crippen molar-refractivity contribution in [2.75, 3.05) is 6.61 Å². The van der Waals surface area contributed by atoms with E-state index in [2.05, 4.69) is 13.0 Å². The molecule has 2 rings (SSSR count). The van der Waals surface area contributed by atoms with E-state index in [1.165, 1.54) is 11.1 Å². The molecule has 0 saturated heterocycles. The summed E-state index contributed by atoms with van der Waals surface area (Å²) in [5.74, 6) is 0. The van der Waals surface area contributed by atoms with Crippen LogP contribution in [0.3, 0.4) is 0 Å². The fraction of sp³-hybridized carbons (Fsp3) is 0.455. The van der Waals surface area contributed by atoms with E-state index in [-0.39, 0.29) is 6.10 Å². The summed E-state index contributed by atoms with van der Waals surface area (Å²) in [5, 5.41) is 0.851. The van der Waals surface area contributed by atoms with Gasteiger partial charge in [-0.3, -0.25) is 0 Å². The monoisotopic (exact) mass is 196 g/mol. The average molecular weight is 197 g/mol. The molecule has 1 aliphatic heterocycles. The van der Waals surface area contributed by atoms with Crippen LogP contribution < -0.4 is 0 Å². The average Bonchev–Trinajstić information content (AvgIpc) is 2.17. The van der Waals surface area contributed by atoms with Gasteiger partial charge in [0.2, 0.25) is 0 Å². The highest BCUT2D eigenvalue weighted by Gasteiger charge is 2.21. The summed E-state index contributed by atoms with van der Waals surface area (Å²) in [6, 6.07) is 6.10. The Kier molecular flexibility index (Phi) is 2.56. The van der Waals surface area contributed by atoms with Crippen molar-refractivity contribution in [2.24, 2.45) is 0 Å². The molecule has 0 aromatic heterocycles. The molecule has 0 fully saturated rings. The molecule has 0 N–H and O–H groups in total. The maximum atomic E-state index is 6.14. The molecule has 1 nitrogen and oxygen atoms in total. The van der Waals surface area contributed by atoms with Gasteiger partial charge in [-0.1, -0.05) is 30.7 Å². The van der Waals surface area contributed by atoms with Crippen LogP contribution in [0.1, 0.15) is 30.6 Å². The van der Waals surface area contributed by atoms with Crippen molar-refractivity contribution in [3.05, 3.63) is 34.3 Å². The Morgan fingerprint density at radius 1 is 1.54 bits per heavy atom. The highest BCUT2D eigenvalue weighted by molar-refractivity contribution is 6.31. The van der Waals surface area contributed by atoms with Gasteiger partial charge in [-0.25, -0.2) is 0 Å². The van der Waals surface area contributed by atoms with Gasteiger partial charge in [-0.05, 0) is 24.5 Å². The highest BCUT2D eigenvalue weighted by Crippen LogP contribution is 2.34. The van der Waals surface area contributed by atoms with Crippen molar-refractivity contribution in [1.29, 1.82) is 0 Å². The number of rotatable bonds is 1. The number of fused-ring (bicyclic) bond motifs is 1. The molecular formula is C11H13ClO. The standard InChI is InChI=1S/C11H13ClO/c1-2-10-11-8(6-7-13-10)4-3-5-9(11)12/h3-5,10H,2,6-7H2,1H3/t10-/m0/s1. The zero-order valence-corrected chi connectivity index (χ0v) is 8.47. The summed E-state index contributed by atoms with van der Waals surface area (Å²) < 4.78 is 5.65. The van der Waals surface area contributed by atoms with E-state index in [1.54, 1.807) is 0 Å². The van der Waals surface area contributed by atoms with Crippen LogP contribution in [0.2, 0.25) is 5.02 Å². The van der Waals surface area contributed by atoms with Crippen LogP contribution in [0.15, 0.2) is 18.2 Å². The maximum absolute atomic E-state index is 6.14. The van der Waals surface area contributed by atoms with Crippen molar-refractivity contribution in [2.45, 2.75) is 25.9 Å². The summed E-state index contributed by atoms with van der Waals surface area (Å²) in [4.78, 5) is 0. The van der Waals surface area contributed by atoms with Crippen molar-refractivity contribution in [3.8, 4) is 0 Å². The second kappa shape index (κ2) is 3.69. The lowest BCUT2D eigenvalue weighted by Crippen LogP contribution is -2.16. The lowest BCUT2D eigenvalue weighted by Gasteiger charge is -2.25. The predicted octanol–water partition coefficient (Wildman–Crippen LogP) is 3.36. The Hall–Kier alpha value is -0.530. The molecule has 1 aromatic carbocycles. The Morgan fingerprint density at radius 3 is 3.15 bits per heavy atom. The van der Waals surface area contributed by atoms with E-state index in [9.17, 15) is 0 Å². The van der Waals surface area contributed by atoms with Crippen LogP contribution in [-0.4, -0.2) is 6.61 Å². The molecule has 13 heavy (non-hydrogen) atoms. The molecule has 1 atom stereocenters. The molecule has 0 radical (unpaired) electrons. The minimum absolute atomic E-state index is 0.206. The summed E-state index contributed by atoms with van der Waals surface area (Å²) in [6.45, 7) is 2.95. The van der Waals surface area contributed by atoms with Gasteiger partial charge in [0, 0.05) is 10.6 Å². The minimum Gasteiger partial charge on any atom is -0.373 e. The maximum Gasteiger partial charge on any atom is 0.0839 e. The number of hydrogen-bond acceptors (Lipinski definition) is 1. The van der Waals surface area contributed by atoms with E-state index in [0.29, 0.717) is 0 Å². The molecule has 1 aromatic rings. The summed E-state index contributed by atoms with van der Waals surface area (Å²) in [5.41, 5.74) is 2.56. The molecule has 0 bridgehead atoms. The van der Waals surface area contributed by atoms with Crippen molar-refractivity contribution >= 4 is 11.6 Å². The van der Waals surface area contributed by atoms with E-state index in [0.717, 1.165) is 24.5 Å². The van der Waals surface area contributed by atoms with Crippen molar-refractivity contribution < 1.29 is 4.74 Å². The van der Waals surface area contributed by atoms with Gasteiger partial charge in [0.25, 0.3) is 0 Å². The zero-order chi connectivity index (χ0) is 9.26. The van der Waals surface area contributed by atoms with Gasteiger partial charge in [-0.2, -0.15) is 0 Å². The van der Waals surface area contributed by atoms with E-state index in [1.807, 2.05) is 12.1 Å². The molecule has 0 saturated carbocycles. The van der Waals surface area contributed by atoms with Gasteiger partial charge in [0.05, 0.1) is 12.7 Å². The third kappa shape index (κ3) is 1.59. The first-order chi connectivity index (χ1) is 6.33. The molecule has 2 heteroatoms. The lowest BCUT2D eigenvalue weighted by atomic mass is 9.96. The van der Waals surface area contributed by atoms with Crippen LogP contribution in [-0.2, 0) is 11.2 Å². The van der Waals surface area contributed by atoms with Crippen molar-refractivity contribution in [1.82, 2.24) is 0 Å². The van der Waals surface area contributed by atoms with Crippen LogP contribution in [0.5, 0.6) is 0 Å². The normalized spacial score (nSPS) is 21.2. The number of halogens is 1. The summed E-state index contributed by atoms with van der Waals surface area (Å²) in [6.07, 6.45) is 2.20. The minimum atomic E-state index is 0.206. The van der Waals surface area contributed by atoms with Gasteiger partial charge in [-0.15, -0.1) is 0 Å². The molecule has 1 aliphatic rings. The van der Waals surface area contributed by atoms with E-state index < -0.39 is 0 Å². The largest absolute Gasteiger partial charge is 0.373 e. The fourth-order valence-electron chi connectivity index (χ4n) is 1.88. The Balaban J connectivity index is 2.47. The molecule has 1 heterocycles. The molecule has 0 aliphatic carbocycles. The van der Waals surface area contributed by atoms with E-state index >= 15 is 0 Å².